The number of fused-ring (bicyclic) bond motifs is 1. The topological polar surface area (TPSA) is 79.7 Å². The predicted octanol–water partition coefficient (Wildman–Crippen LogP) is 2.40. The number of hydrogen-bond donors (Lipinski definition) is 0. The maximum absolute atomic E-state index is 13.0. The second-order valence-electron chi connectivity index (χ2n) is 8.03. The standard InChI is InChI=1S/C20H27N3O4S2/c1-21-17-8-7-16(14-18(17)28-20(21)25)29(26,27)23-12-10-22(11-13-23)19(24)9-6-15-4-2-3-5-15/h7-8,14-15H,2-6,9-13H2,1H3. The fourth-order valence-electron chi connectivity index (χ4n) is 4.39. The van der Waals surface area contributed by atoms with Crippen molar-refractivity contribution in [2.75, 3.05) is 26.2 Å². The molecule has 0 atom stereocenters. The van der Waals surface area contributed by atoms with E-state index >= 15 is 0 Å². The molecule has 0 bridgehead atoms. The van der Waals surface area contributed by atoms with Crippen LogP contribution >= 0.6 is 11.3 Å². The number of aromatic nitrogens is 1. The molecule has 1 amide bonds. The quantitative estimate of drug-likeness (QED) is 0.720. The smallest absolute Gasteiger partial charge is 0.307 e. The van der Waals surface area contributed by atoms with E-state index in [1.807, 2.05) is 0 Å². The van der Waals surface area contributed by atoms with Gasteiger partial charge in [0.05, 0.1) is 15.1 Å². The zero-order valence-electron chi connectivity index (χ0n) is 16.7. The van der Waals surface area contributed by atoms with E-state index < -0.39 is 10.0 Å². The van der Waals surface area contributed by atoms with Crippen LogP contribution in [-0.2, 0) is 21.9 Å². The Labute approximate surface area is 175 Å². The van der Waals surface area contributed by atoms with Gasteiger partial charge >= 0.3 is 4.87 Å². The summed E-state index contributed by atoms with van der Waals surface area (Å²) in [6, 6.07) is 4.82. The first kappa shape index (κ1) is 20.6. The molecule has 1 aliphatic heterocycles. The number of carbonyl (C=O) groups excluding carboxylic acids is 1. The molecule has 1 saturated heterocycles. The molecule has 0 spiro atoms. The summed E-state index contributed by atoms with van der Waals surface area (Å²) in [6.07, 6.45) is 6.56. The van der Waals surface area contributed by atoms with Crippen molar-refractivity contribution in [3.8, 4) is 0 Å². The highest BCUT2D eigenvalue weighted by molar-refractivity contribution is 7.89. The Kier molecular flexibility index (Phi) is 5.81. The minimum absolute atomic E-state index is 0.112. The van der Waals surface area contributed by atoms with E-state index in [1.54, 1.807) is 30.1 Å². The maximum Gasteiger partial charge on any atom is 0.307 e. The van der Waals surface area contributed by atoms with E-state index in [4.69, 9.17) is 0 Å². The summed E-state index contributed by atoms with van der Waals surface area (Å²) >= 11 is 1.05. The summed E-state index contributed by atoms with van der Waals surface area (Å²) in [7, 11) is -1.96. The van der Waals surface area contributed by atoms with Gasteiger partial charge in [0.1, 0.15) is 0 Å². The summed E-state index contributed by atoms with van der Waals surface area (Å²) in [5, 5.41) is 0. The number of amides is 1. The van der Waals surface area contributed by atoms with Gasteiger partial charge in [-0.2, -0.15) is 4.31 Å². The molecule has 4 rings (SSSR count). The predicted molar refractivity (Wildman–Crippen MR) is 114 cm³/mol. The minimum atomic E-state index is -3.64. The summed E-state index contributed by atoms with van der Waals surface area (Å²) in [5.41, 5.74) is 0.733. The van der Waals surface area contributed by atoms with E-state index in [0.717, 1.165) is 23.3 Å². The van der Waals surface area contributed by atoms with Crippen molar-refractivity contribution in [3.05, 3.63) is 27.9 Å². The first-order valence-electron chi connectivity index (χ1n) is 10.2. The Morgan fingerprint density at radius 1 is 1.14 bits per heavy atom. The zero-order valence-corrected chi connectivity index (χ0v) is 18.3. The lowest BCUT2D eigenvalue weighted by Gasteiger charge is -2.34. The average molecular weight is 438 g/mol. The highest BCUT2D eigenvalue weighted by atomic mass is 32.2. The minimum Gasteiger partial charge on any atom is -0.340 e. The molecule has 0 N–H and O–H groups in total. The molecule has 2 aromatic rings. The number of sulfonamides is 1. The Morgan fingerprint density at radius 2 is 1.83 bits per heavy atom. The largest absolute Gasteiger partial charge is 0.340 e. The van der Waals surface area contributed by atoms with Gasteiger partial charge in [-0.15, -0.1) is 0 Å². The first-order chi connectivity index (χ1) is 13.9. The third-order valence-electron chi connectivity index (χ3n) is 6.23. The molecule has 1 aromatic carbocycles. The van der Waals surface area contributed by atoms with Crippen molar-refractivity contribution in [3.63, 3.8) is 0 Å². The highest BCUT2D eigenvalue weighted by Crippen LogP contribution is 2.29. The van der Waals surface area contributed by atoms with Crippen LogP contribution in [0.5, 0.6) is 0 Å². The molecular weight excluding hydrogens is 410 g/mol. The first-order valence-corrected chi connectivity index (χ1v) is 12.5. The molecule has 2 aliphatic rings. The van der Waals surface area contributed by atoms with Crippen LogP contribution in [0, 0.1) is 5.92 Å². The molecular formula is C20H27N3O4S2. The molecule has 1 aliphatic carbocycles. The summed E-state index contributed by atoms with van der Waals surface area (Å²) < 4.78 is 29.7. The van der Waals surface area contributed by atoms with Crippen molar-refractivity contribution in [1.29, 1.82) is 0 Å². The van der Waals surface area contributed by atoms with Gasteiger partial charge in [-0.05, 0) is 30.5 Å². The lowest BCUT2D eigenvalue weighted by molar-refractivity contribution is -0.132. The molecule has 1 saturated carbocycles. The number of carbonyl (C=O) groups is 1. The van der Waals surface area contributed by atoms with Crippen LogP contribution in [-0.4, -0.2) is 54.3 Å². The Bertz CT molecular complexity index is 1060. The van der Waals surface area contributed by atoms with Crippen molar-refractivity contribution >= 4 is 37.5 Å². The number of hydrogen-bond acceptors (Lipinski definition) is 5. The third-order valence-corrected chi connectivity index (χ3v) is 9.12. The second kappa shape index (κ2) is 8.20. The van der Waals surface area contributed by atoms with Gasteiger partial charge in [0.2, 0.25) is 15.9 Å². The Hall–Kier alpha value is -1.71. The Balaban J connectivity index is 1.39. The normalized spacial score (nSPS) is 19.3. The highest BCUT2D eigenvalue weighted by Gasteiger charge is 2.30. The van der Waals surface area contributed by atoms with Gasteiger partial charge in [0.15, 0.2) is 0 Å². The fraction of sp³-hybridized carbons (Fsp3) is 0.600. The van der Waals surface area contributed by atoms with Gasteiger partial charge < -0.3 is 9.47 Å². The lowest BCUT2D eigenvalue weighted by Crippen LogP contribution is -2.50. The van der Waals surface area contributed by atoms with Crippen LogP contribution in [0.1, 0.15) is 38.5 Å². The van der Waals surface area contributed by atoms with Crippen LogP contribution in [0.3, 0.4) is 0 Å². The fourth-order valence-corrected chi connectivity index (χ4v) is 6.83. The number of rotatable bonds is 5. The molecule has 0 unspecified atom stereocenters. The maximum atomic E-state index is 13.0. The van der Waals surface area contributed by atoms with Crippen LogP contribution in [0.4, 0.5) is 0 Å². The van der Waals surface area contributed by atoms with E-state index in [0.29, 0.717) is 43.2 Å². The van der Waals surface area contributed by atoms with E-state index in [1.165, 1.54) is 34.6 Å². The zero-order chi connectivity index (χ0) is 20.6. The van der Waals surface area contributed by atoms with Gasteiger partial charge in [-0.3, -0.25) is 9.59 Å². The molecule has 2 heterocycles. The Morgan fingerprint density at radius 3 is 2.52 bits per heavy atom. The molecule has 9 heteroatoms. The van der Waals surface area contributed by atoms with Gasteiger partial charge in [0.25, 0.3) is 0 Å². The van der Waals surface area contributed by atoms with Crippen LogP contribution in [0.2, 0.25) is 0 Å². The van der Waals surface area contributed by atoms with Crippen molar-refractivity contribution < 1.29 is 13.2 Å². The van der Waals surface area contributed by atoms with E-state index in [-0.39, 0.29) is 15.7 Å². The monoisotopic (exact) mass is 437 g/mol. The van der Waals surface area contributed by atoms with Crippen LogP contribution < -0.4 is 4.87 Å². The van der Waals surface area contributed by atoms with Crippen molar-refractivity contribution in [2.45, 2.75) is 43.4 Å². The molecule has 1 aromatic heterocycles. The average Bonchev–Trinajstić information content (AvgIpc) is 3.34. The second-order valence-corrected chi connectivity index (χ2v) is 11.0. The number of aryl methyl sites for hydroxylation is 1. The molecule has 2 fully saturated rings. The van der Waals surface area contributed by atoms with Crippen molar-refractivity contribution in [1.82, 2.24) is 13.8 Å². The van der Waals surface area contributed by atoms with E-state index in [9.17, 15) is 18.0 Å². The molecule has 7 nitrogen and oxygen atoms in total. The number of benzene rings is 1. The summed E-state index contributed by atoms with van der Waals surface area (Å²) in [4.78, 5) is 26.2. The summed E-state index contributed by atoms with van der Waals surface area (Å²) in [5.74, 6) is 0.827. The third kappa shape index (κ3) is 4.13. The van der Waals surface area contributed by atoms with Gasteiger partial charge in [-0.1, -0.05) is 37.0 Å². The van der Waals surface area contributed by atoms with E-state index in [2.05, 4.69) is 0 Å². The number of piperazine rings is 1. The summed E-state index contributed by atoms with van der Waals surface area (Å²) in [6.45, 7) is 1.48. The SMILES string of the molecule is Cn1c(=O)sc2cc(S(=O)(=O)N3CCN(C(=O)CCC4CCCC4)CC3)ccc21. The molecule has 29 heavy (non-hydrogen) atoms. The molecule has 158 valence electrons. The van der Waals surface area contributed by atoms with Gasteiger partial charge in [0, 0.05) is 39.6 Å². The number of nitrogens with zero attached hydrogens (tertiary/aromatic N) is 3. The lowest BCUT2D eigenvalue weighted by atomic mass is 10.0. The van der Waals surface area contributed by atoms with Crippen molar-refractivity contribution in [2.24, 2.45) is 13.0 Å². The van der Waals surface area contributed by atoms with Gasteiger partial charge in [-0.25, -0.2) is 8.42 Å². The number of thiazole rings is 1. The molecule has 0 radical (unpaired) electrons. The van der Waals surface area contributed by atoms with Crippen LogP contribution in [0.15, 0.2) is 27.9 Å². The van der Waals surface area contributed by atoms with Crippen LogP contribution in [0.25, 0.3) is 10.2 Å².